The van der Waals surface area contributed by atoms with Gasteiger partial charge in [-0.05, 0) is 41.3 Å². The van der Waals surface area contributed by atoms with Crippen molar-refractivity contribution in [3.05, 3.63) is 32.8 Å². The summed E-state index contributed by atoms with van der Waals surface area (Å²) in [5.41, 5.74) is 4.48. The number of nitro benzene ring substituents is 1. The summed E-state index contributed by atoms with van der Waals surface area (Å²) >= 11 is 3.27. The van der Waals surface area contributed by atoms with E-state index < -0.39 is 16.4 Å². The Balaban J connectivity index is 2.16. The molecule has 0 heterocycles. The van der Waals surface area contributed by atoms with Gasteiger partial charge < -0.3 is 15.6 Å². The van der Waals surface area contributed by atoms with Crippen molar-refractivity contribution in [2.75, 3.05) is 0 Å². The molecule has 114 valence electrons. The van der Waals surface area contributed by atoms with Gasteiger partial charge >= 0.3 is 5.97 Å². The number of nitrogens with two attached hydrogens (primary N) is 1. The molecule has 1 aliphatic rings. The Kier molecular flexibility index (Phi) is 4.48. The molecule has 1 aromatic carbocycles. The van der Waals surface area contributed by atoms with Crippen molar-refractivity contribution in [1.82, 2.24) is 0 Å². The number of rotatable bonds is 4. The van der Waals surface area contributed by atoms with Gasteiger partial charge in [-0.15, -0.1) is 0 Å². The van der Waals surface area contributed by atoms with E-state index in [0.717, 1.165) is 0 Å². The average Bonchev–Trinajstić information content (AvgIpc) is 2.41. The first-order valence-corrected chi connectivity index (χ1v) is 7.24. The Bertz CT molecular complexity index is 580. The number of benzene rings is 1. The number of aliphatic carboxylic acids is 1. The SMILES string of the molecule is NC1(C(=O)O)CCCC(Oc2cc([N+](=O)[O-])ccc2Br)C1. The lowest BCUT2D eigenvalue weighted by atomic mass is 9.81. The Morgan fingerprint density at radius 1 is 1.57 bits per heavy atom. The first-order valence-electron chi connectivity index (χ1n) is 6.45. The van der Waals surface area contributed by atoms with Crippen LogP contribution in [0.3, 0.4) is 0 Å². The normalized spacial score (nSPS) is 25.3. The summed E-state index contributed by atoms with van der Waals surface area (Å²) < 4.78 is 6.31. The van der Waals surface area contributed by atoms with Crippen LogP contribution < -0.4 is 10.5 Å². The number of halogens is 1. The van der Waals surface area contributed by atoms with Gasteiger partial charge in [0, 0.05) is 12.5 Å². The Labute approximate surface area is 129 Å². The van der Waals surface area contributed by atoms with Crippen molar-refractivity contribution in [1.29, 1.82) is 0 Å². The number of nitrogens with zero attached hydrogens (tertiary/aromatic N) is 1. The van der Waals surface area contributed by atoms with Gasteiger partial charge in [0.25, 0.3) is 5.69 Å². The maximum absolute atomic E-state index is 11.2. The lowest BCUT2D eigenvalue weighted by molar-refractivity contribution is -0.385. The highest BCUT2D eigenvalue weighted by Gasteiger charge is 2.40. The number of hydrogen-bond acceptors (Lipinski definition) is 5. The average molecular weight is 359 g/mol. The highest BCUT2D eigenvalue weighted by molar-refractivity contribution is 9.10. The van der Waals surface area contributed by atoms with E-state index in [2.05, 4.69) is 15.9 Å². The van der Waals surface area contributed by atoms with Crippen LogP contribution in [0, 0.1) is 10.1 Å². The minimum atomic E-state index is -1.30. The Morgan fingerprint density at radius 3 is 2.90 bits per heavy atom. The van der Waals surface area contributed by atoms with Crippen LogP contribution in [-0.2, 0) is 4.79 Å². The van der Waals surface area contributed by atoms with Crippen molar-refractivity contribution < 1.29 is 19.6 Å². The maximum Gasteiger partial charge on any atom is 0.323 e. The minimum Gasteiger partial charge on any atom is -0.489 e. The molecule has 0 aromatic heterocycles. The largest absolute Gasteiger partial charge is 0.489 e. The molecule has 1 saturated carbocycles. The molecular formula is C13H15BrN2O5. The Morgan fingerprint density at radius 2 is 2.29 bits per heavy atom. The first-order chi connectivity index (χ1) is 9.82. The summed E-state index contributed by atoms with van der Waals surface area (Å²) in [7, 11) is 0. The zero-order valence-corrected chi connectivity index (χ0v) is 12.7. The topological polar surface area (TPSA) is 116 Å². The van der Waals surface area contributed by atoms with Crippen LogP contribution in [0.1, 0.15) is 25.7 Å². The molecule has 0 radical (unpaired) electrons. The molecule has 21 heavy (non-hydrogen) atoms. The molecule has 0 amide bonds. The van der Waals surface area contributed by atoms with Crippen molar-refractivity contribution in [3.8, 4) is 5.75 Å². The predicted octanol–water partition coefficient (Wildman–Crippen LogP) is 2.46. The fourth-order valence-electron chi connectivity index (χ4n) is 2.43. The summed E-state index contributed by atoms with van der Waals surface area (Å²) in [5, 5.41) is 20.0. The van der Waals surface area contributed by atoms with Crippen molar-refractivity contribution in [3.63, 3.8) is 0 Å². The summed E-state index contributed by atoms with van der Waals surface area (Å²) in [4.78, 5) is 21.5. The van der Waals surface area contributed by atoms with E-state index >= 15 is 0 Å². The zero-order chi connectivity index (χ0) is 15.6. The quantitative estimate of drug-likeness (QED) is 0.630. The molecule has 0 bridgehead atoms. The van der Waals surface area contributed by atoms with E-state index in [-0.39, 0.29) is 18.2 Å². The molecule has 2 rings (SSSR count). The number of carboxylic acid groups (broad SMARTS) is 1. The third-order valence-corrected chi connectivity index (χ3v) is 4.24. The van der Waals surface area contributed by atoms with Gasteiger partial charge in [0.2, 0.25) is 0 Å². The maximum atomic E-state index is 11.2. The standard InChI is InChI=1S/C13H15BrN2O5/c14-10-4-3-8(16(19)20)6-11(10)21-9-2-1-5-13(15,7-9)12(17)18/h3-4,6,9H,1-2,5,7,15H2,(H,17,18). The number of hydrogen-bond donors (Lipinski definition) is 2. The van der Waals surface area contributed by atoms with Crippen LogP contribution in [0.25, 0.3) is 0 Å². The molecule has 0 spiro atoms. The smallest absolute Gasteiger partial charge is 0.323 e. The highest BCUT2D eigenvalue weighted by atomic mass is 79.9. The van der Waals surface area contributed by atoms with Gasteiger partial charge in [-0.1, -0.05) is 0 Å². The molecule has 1 fully saturated rings. The fraction of sp³-hybridized carbons (Fsp3) is 0.462. The van der Waals surface area contributed by atoms with Gasteiger partial charge in [-0.2, -0.15) is 0 Å². The number of non-ortho nitro benzene ring substituents is 1. The van der Waals surface area contributed by atoms with Crippen molar-refractivity contribution in [2.45, 2.75) is 37.3 Å². The number of ether oxygens (including phenoxy) is 1. The van der Waals surface area contributed by atoms with Gasteiger partial charge in [-0.25, -0.2) is 0 Å². The van der Waals surface area contributed by atoms with Gasteiger partial charge in [0.1, 0.15) is 17.4 Å². The van der Waals surface area contributed by atoms with Crippen LogP contribution in [0.5, 0.6) is 5.75 Å². The second-order valence-electron chi connectivity index (χ2n) is 5.17. The Hall–Kier alpha value is -1.67. The molecule has 8 heteroatoms. The molecule has 0 saturated heterocycles. The van der Waals surface area contributed by atoms with Crippen LogP contribution in [0.4, 0.5) is 5.69 Å². The van der Waals surface area contributed by atoms with Crippen LogP contribution >= 0.6 is 15.9 Å². The molecule has 2 unspecified atom stereocenters. The number of carboxylic acids is 1. The molecule has 0 aliphatic heterocycles. The lowest BCUT2D eigenvalue weighted by Gasteiger charge is -2.34. The second kappa shape index (κ2) is 5.98. The highest BCUT2D eigenvalue weighted by Crippen LogP contribution is 2.34. The van der Waals surface area contributed by atoms with Crippen molar-refractivity contribution >= 4 is 27.6 Å². The predicted molar refractivity (Wildman–Crippen MR) is 78.2 cm³/mol. The second-order valence-corrected chi connectivity index (χ2v) is 6.02. The molecule has 1 aromatic rings. The molecule has 7 nitrogen and oxygen atoms in total. The summed E-state index contributed by atoms with van der Waals surface area (Å²) in [6.45, 7) is 0. The van der Waals surface area contributed by atoms with Crippen LogP contribution in [-0.4, -0.2) is 27.6 Å². The molecule has 3 N–H and O–H groups in total. The fourth-order valence-corrected chi connectivity index (χ4v) is 2.77. The molecule has 2 atom stereocenters. The minimum absolute atomic E-state index is 0.0822. The molecule has 1 aliphatic carbocycles. The van der Waals surface area contributed by atoms with Gasteiger partial charge in [0.15, 0.2) is 0 Å². The third kappa shape index (κ3) is 3.51. The third-order valence-electron chi connectivity index (χ3n) is 3.59. The van der Waals surface area contributed by atoms with Gasteiger partial charge in [0.05, 0.1) is 15.5 Å². The van der Waals surface area contributed by atoms with E-state index in [1.165, 1.54) is 18.2 Å². The van der Waals surface area contributed by atoms with Crippen LogP contribution in [0.15, 0.2) is 22.7 Å². The lowest BCUT2D eigenvalue weighted by Crippen LogP contribution is -2.53. The molecular weight excluding hydrogens is 344 g/mol. The van der Waals surface area contributed by atoms with Gasteiger partial charge in [-0.3, -0.25) is 14.9 Å². The number of nitro groups is 1. The van der Waals surface area contributed by atoms with E-state index in [4.69, 9.17) is 10.5 Å². The summed E-state index contributed by atoms with van der Waals surface area (Å²) in [5.74, 6) is -0.724. The van der Waals surface area contributed by atoms with E-state index in [1.807, 2.05) is 0 Å². The van der Waals surface area contributed by atoms with Crippen LogP contribution in [0.2, 0.25) is 0 Å². The zero-order valence-electron chi connectivity index (χ0n) is 11.1. The van der Waals surface area contributed by atoms with E-state index in [9.17, 15) is 20.0 Å². The summed E-state index contributed by atoms with van der Waals surface area (Å²) in [6, 6.07) is 4.21. The van der Waals surface area contributed by atoms with E-state index in [0.29, 0.717) is 29.5 Å². The first kappa shape index (κ1) is 15.7. The monoisotopic (exact) mass is 358 g/mol. The summed E-state index contributed by atoms with van der Waals surface area (Å²) in [6.07, 6.45) is 1.51. The number of carbonyl (C=O) groups is 1. The van der Waals surface area contributed by atoms with Crippen molar-refractivity contribution in [2.24, 2.45) is 5.73 Å². The van der Waals surface area contributed by atoms with E-state index in [1.54, 1.807) is 0 Å².